The minimum absolute atomic E-state index is 0.0227. The average molecular weight is 320 g/mol. The molecule has 0 unspecified atom stereocenters. The van der Waals surface area contributed by atoms with Gasteiger partial charge >= 0.3 is 6.18 Å². The summed E-state index contributed by atoms with van der Waals surface area (Å²) < 4.78 is 39.8. The molecule has 0 aliphatic heterocycles. The molecule has 0 saturated carbocycles. The van der Waals surface area contributed by atoms with Gasteiger partial charge in [-0.05, 0) is 12.1 Å². The van der Waals surface area contributed by atoms with Crippen LogP contribution in [0.15, 0.2) is 49.2 Å². The molecule has 3 aromatic rings. The molecule has 3 heterocycles. The Hall–Kier alpha value is -3.10. The molecule has 3 N–H and O–H groups in total. The van der Waals surface area contributed by atoms with Gasteiger partial charge in [0.25, 0.3) is 0 Å². The highest BCUT2D eigenvalue weighted by atomic mass is 19.4. The van der Waals surface area contributed by atoms with Crippen molar-refractivity contribution >= 4 is 17.3 Å². The molecule has 0 bridgehead atoms. The summed E-state index contributed by atoms with van der Waals surface area (Å²) in [6.45, 7) is 0. The van der Waals surface area contributed by atoms with Crippen molar-refractivity contribution in [3.8, 4) is 5.82 Å². The molecule has 23 heavy (non-hydrogen) atoms. The van der Waals surface area contributed by atoms with Crippen LogP contribution in [-0.2, 0) is 6.18 Å². The SMILES string of the molecule is Nc1cc(Nc2cc(C(F)(F)F)ccn2)nc(-n2ccnc2)c1. The fourth-order valence-electron chi connectivity index (χ4n) is 1.93. The third-order valence-electron chi connectivity index (χ3n) is 2.95. The number of alkyl halides is 3. The first-order valence-electron chi connectivity index (χ1n) is 6.48. The minimum Gasteiger partial charge on any atom is -0.399 e. The third-order valence-corrected chi connectivity index (χ3v) is 2.95. The highest BCUT2D eigenvalue weighted by Gasteiger charge is 2.30. The van der Waals surface area contributed by atoms with Crippen LogP contribution >= 0.6 is 0 Å². The Balaban J connectivity index is 1.92. The first kappa shape index (κ1) is 14.8. The molecule has 0 amide bonds. The second kappa shape index (κ2) is 5.59. The highest BCUT2D eigenvalue weighted by Crippen LogP contribution is 2.30. The third kappa shape index (κ3) is 3.39. The summed E-state index contributed by atoms with van der Waals surface area (Å²) >= 11 is 0. The molecular formula is C14H11F3N6. The van der Waals surface area contributed by atoms with Crippen molar-refractivity contribution in [2.24, 2.45) is 0 Å². The first-order chi connectivity index (χ1) is 10.9. The van der Waals surface area contributed by atoms with Gasteiger partial charge in [0, 0.05) is 36.4 Å². The Morgan fingerprint density at radius 1 is 1.09 bits per heavy atom. The molecule has 118 valence electrons. The topological polar surface area (TPSA) is 81.6 Å². The van der Waals surface area contributed by atoms with E-state index in [9.17, 15) is 13.2 Å². The highest BCUT2D eigenvalue weighted by molar-refractivity contribution is 5.60. The van der Waals surface area contributed by atoms with Gasteiger partial charge in [0.05, 0.1) is 5.56 Å². The number of aromatic nitrogens is 4. The van der Waals surface area contributed by atoms with E-state index in [0.717, 1.165) is 18.3 Å². The molecule has 6 nitrogen and oxygen atoms in total. The molecule has 3 aromatic heterocycles. The predicted octanol–water partition coefficient (Wildman–Crippen LogP) is 3.01. The smallest absolute Gasteiger partial charge is 0.399 e. The standard InChI is InChI=1S/C14H11F3N6/c15-14(16,17)9-1-2-20-11(5-9)21-12-6-10(18)7-13(22-12)23-4-3-19-8-23/h1-8H,(H3,18,20,21,22). The molecule has 9 heteroatoms. The normalized spacial score (nSPS) is 11.4. The van der Waals surface area contributed by atoms with Gasteiger partial charge in [0.1, 0.15) is 23.8 Å². The Labute approximate surface area is 128 Å². The van der Waals surface area contributed by atoms with Crippen LogP contribution in [0.2, 0.25) is 0 Å². The predicted molar refractivity (Wildman–Crippen MR) is 78.3 cm³/mol. The van der Waals surface area contributed by atoms with E-state index >= 15 is 0 Å². The molecule has 0 aliphatic rings. The van der Waals surface area contributed by atoms with Crippen molar-refractivity contribution in [3.05, 3.63) is 54.7 Å². The van der Waals surface area contributed by atoms with Crippen LogP contribution in [0.1, 0.15) is 5.56 Å². The van der Waals surface area contributed by atoms with E-state index in [1.165, 1.54) is 12.4 Å². The van der Waals surface area contributed by atoms with Gasteiger partial charge in [0.2, 0.25) is 0 Å². The first-order valence-corrected chi connectivity index (χ1v) is 6.48. The van der Waals surface area contributed by atoms with Gasteiger partial charge in [-0.2, -0.15) is 13.2 Å². The summed E-state index contributed by atoms with van der Waals surface area (Å²) in [7, 11) is 0. The number of nitrogens with two attached hydrogens (primary N) is 1. The van der Waals surface area contributed by atoms with Crippen LogP contribution in [0.25, 0.3) is 5.82 Å². The van der Waals surface area contributed by atoms with Gasteiger partial charge in [0.15, 0.2) is 0 Å². The quantitative estimate of drug-likeness (QED) is 0.775. The summed E-state index contributed by atoms with van der Waals surface area (Å²) in [5, 5.41) is 2.72. The maximum Gasteiger partial charge on any atom is 0.416 e. The van der Waals surface area contributed by atoms with Crippen molar-refractivity contribution in [3.63, 3.8) is 0 Å². The molecule has 0 radical (unpaired) electrons. The van der Waals surface area contributed by atoms with Crippen LogP contribution < -0.4 is 11.1 Å². The summed E-state index contributed by atoms with van der Waals surface area (Å²) in [5.74, 6) is 0.784. The maximum atomic E-state index is 12.7. The van der Waals surface area contributed by atoms with Gasteiger partial charge in [-0.15, -0.1) is 0 Å². The van der Waals surface area contributed by atoms with Crippen molar-refractivity contribution in [2.45, 2.75) is 6.18 Å². The average Bonchev–Trinajstić information content (AvgIpc) is 3.00. The summed E-state index contributed by atoms with van der Waals surface area (Å²) in [6, 6.07) is 4.92. The number of nitrogens with one attached hydrogen (secondary N) is 1. The Bertz CT molecular complexity index is 814. The van der Waals surface area contributed by atoms with Gasteiger partial charge in [-0.1, -0.05) is 0 Å². The van der Waals surface area contributed by atoms with E-state index in [0.29, 0.717) is 11.5 Å². The number of nitrogen functional groups attached to an aromatic ring is 1. The fourth-order valence-corrected chi connectivity index (χ4v) is 1.93. The molecule has 0 fully saturated rings. The number of hydrogen-bond acceptors (Lipinski definition) is 5. The van der Waals surface area contributed by atoms with Crippen molar-refractivity contribution in [2.75, 3.05) is 11.1 Å². The van der Waals surface area contributed by atoms with E-state index in [-0.39, 0.29) is 11.6 Å². The summed E-state index contributed by atoms with van der Waals surface area (Å²) in [5.41, 5.74) is 5.41. The molecule has 0 spiro atoms. The lowest BCUT2D eigenvalue weighted by Gasteiger charge is -2.11. The fraction of sp³-hybridized carbons (Fsp3) is 0.0714. The number of halogens is 3. The molecule has 3 rings (SSSR count). The summed E-state index contributed by atoms with van der Waals surface area (Å²) in [6.07, 6.45) is 1.42. The van der Waals surface area contributed by atoms with E-state index in [1.807, 2.05) is 0 Å². The zero-order valence-electron chi connectivity index (χ0n) is 11.6. The number of nitrogens with zero attached hydrogens (tertiary/aromatic N) is 4. The number of anilines is 3. The van der Waals surface area contributed by atoms with Crippen LogP contribution in [0.5, 0.6) is 0 Å². The van der Waals surface area contributed by atoms with Crippen molar-refractivity contribution in [1.29, 1.82) is 0 Å². The number of rotatable bonds is 3. The van der Waals surface area contributed by atoms with Crippen LogP contribution in [0.4, 0.5) is 30.5 Å². The second-order valence-electron chi connectivity index (χ2n) is 4.67. The van der Waals surface area contributed by atoms with E-state index in [2.05, 4.69) is 20.3 Å². The van der Waals surface area contributed by atoms with Crippen molar-refractivity contribution < 1.29 is 13.2 Å². The number of imidazole rings is 1. The largest absolute Gasteiger partial charge is 0.416 e. The van der Waals surface area contributed by atoms with Crippen LogP contribution in [0, 0.1) is 0 Å². The zero-order chi connectivity index (χ0) is 16.4. The Kier molecular flexibility index (Phi) is 3.61. The lowest BCUT2D eigenvalue weighted by Crippen LogP contribution is -2.07. The van der Waals surface area contributed by atoms with E-state index in [1.54, 1.807) is 23.0 Å². The maximum absolute atomic E-state index is 12.7. The van der Waals surface area contributed by atoms with Gasteiger partial charge in [-0.3, -0.25) is 4.57 Å². The van der Waals surface area contributed by atoms with Gasteiger partial charge in [-0.25, -0.2) is 15.0 Å². The Morgan fingerprint density at radius 3 is 2.61 bits per heavy atom. The minimum atomic E-state index is -4.44. The second-order valence-corrected chi connectivity index (χ2v) is 4.67. The molecular weight excluding hydrogens is 309 g/mol. The molecule has 0 atom stereocenters. The summed E-state index contributed by atoms with van der Waals surface area (Å²) in [4.78, 5) is 12.0. The van der Waals surface area contributed by atoms with E-state index < -0.39 is 11.7 Å². The Morgan fingerprint density at radius 2 is 1.91 bits per heavy atom. The molecule has 0 aliphatic carbocycles. The lowest BCUT2D eigenvalue weighted by molar-refractivity contribution is -0.137. The molecule has 0 saturated heterocycles. The molecule has 0 aromatic carbocycles. The van der Waals surface area contributed by atoms with Crippen molar-refractivity contribution in [1.82, 2.24) is 19.5 Å². The monoisotopic (exact) mass is 320 g/mol. The van der Waals surface area contributed by atoms with E-state index in [4.69, 9.17) is 5.73 Å². The van der Waals surface area contributed by atoms with Crippen LogP contribution in [-0.4, -0.2) is 19.5 Å². The number of pyridine rings is 2. The lowest BCUT2D eigenvalue weighted by atomic mass is 10.2. The van der Waals surface area contributed by atoms with Crippen LogP contribution in [0.3, 0.4) is 0 Å². The number of hydrogen-bond donors (Lipinski definition) is 2. The zero-order valence-corrected chi connectivity index (χ0v) is 11.6. The van der Waals surface area contributed by atoms with Gasteiger partial charge < -0.3 is 11.1 Å².